The van der Waals surface area contributed by atoms with Crippen LogP contribution in [0.4, 0.5) is 23.2 Å². The molecule has 6 heterocycles. The third kappa shape index (κ3) is 8.14. The first-order valence-corrected chi connectivity index (χ1v) is 19.7. The average Bonchev–Trinajstić information content (AvgIpc) is 3.74. The lowest BCUT2D eigenvalue weighted by molar-refractivity contribution is -0.155. The summed E-state index contributed by atoms with van der Waals surface area (Å²) in [5.74, 6) is -1.73. The number of carbonyl (C=O) groups excluding carboxylic acids is 2. The normalized spacial score (nSPS) is 22.0. The van der Waals surface area contributed by atoms with Gasteiger partial charge in [0.1, 0.15) is 18.4 Å². The Morgan fingerprint density at radius 3 is 2.61 bits per heavy atom. The molecule has 7 rings (SSSR count). The molecule has 4 aromatic rings. The third-order valence-corrected chi connectivity index (χ3v) is 11.8. The van der Waals surface area contributed by atoms with E-state index in [-0.39, 0.29) is 47.3 Å². The van der Waals surface area contributed by atoms with E-state index in [1.54, 1.807) is 18.5 Å². The molecule has 56 heavy (non-hydrogen) atoms. The molecule has 3 aliphatic heterocycles. The predicted octanol–water partition coefficient (Wildman–Crippen LogP) is 5.48. The molecule has 0 unspecified atom stereocenters. The van der Waals surface area contributed by atoms with E-state index in [0.29, 0.717) is 54.3 Å². The summed E-state index contributed by atoms with van der Waals surface area (Å²) in [4.78, 5) is 40.6. The fourth-order valence-electron chi connectivity index (χ4n) is 7.84. The van der Waals surface area contributed by atoms with Gasteiger partial charge in [0.2, 0.25) is 0 Å². The van der Waals surface area contributed by atoms with E-state index in [9.17, 15) is 22.8 Å². The number of benzene rings is 1. The maximum atomic E-state index is 17.4. The van der Waals surface area contributed by atoms with Crippen LogP contribution in [0.25, 0.3) is 33.4 Å². The minimum atomic E-state index is -4.68. The van der Waals surface area contributed by atoms with E-state index < -0.39 is 54.0 Å². The van der Waals surface area contributed by atoms with Crippen LogP contribution < -0.4 is 16.1 Å². The number of anilines is 1. The van der Waals surface area contributed by atoms with Crippen LogP contribution in [0.1, 0.15) is 56.0 Å². The van der Waals surface area contributed by atoms with Gasteiger partial charge in [-0.1, -0.05) is 13.8 Å². The monoisotopic (exact) mass is 800 g/mol. The number of nitrogens with one attached hydrogen (secondary N) is 1. The number of hydrogen-bond acceptors (Lipinski definition) is 11. The number of hydrogen-bond donors (Lipinski definition) is 2. The largest absolute Gasteiger partial charge is 0.464 e. The van der Waals surface area contributed by atoms with Gasteiger partial charge in [-0.05, 0) is 57.0 Å². The Balaban J connectivity index is 1.47. The Morgan fingerprint density at radius 1 is 1.14 bits per heavy atom. The molecular weight excluding hydrogens is 753 g/mol. The molecule has 3 atom stereocenters. The number of cyclic esters (lactones) is 1. The fraction of sp³-hybridized carbons (Fsp3) is 0.538. The van der Waals surface area contributed by atoms with Gasteiger partial charge >= 0.3 is 12.1 Å². The Morgan fingerprint density at radius 2 is 1.89 bits per heavy atom. The molecule has 1 aromatic carbocycles. The highest BCUT2D eigenvalue weighted by molar-refractivity contribution is 7.10. The van der Waals surface area contributed by atoms with Crippen LogP contribution in [0.3, 0.4) is 0 Å². The number of piperazine rings is 1. The molecule has 2 fully saturated rings. The number of thiazole rings is 1. The molecule has 0 saturated carbocycles. The molecule has 302 valence electrons. The summed E-state index contributed by atoms with van der Waals surface area (Å²) in [6.07, 6.45) is -2.54. The molecular formula is C39H48F4N8O4S. The van der Waals surface area contributed by atoms with Crippen molar-refractivity contribution in [2.24, 2.45) is 11.1 Å². The van der Waals surface area contributed by atoms with Gasteiger partial charge in [-0.15, -0.1) is 11.3 Å². The van der Waals surface area contributed by atoms with E-state index in [4.69, 9.17) is 20.2 Å². The van der Waals surface area contributed by atoms with Gasteiger partial charge in [0.15, 0.2) is 0 Å². The van der Waals surface area contributed by atoms with Gasteiger partial charge in [0.05, 0.1) is 58.2 Å². The topological polar surface area (TPSA) is 131 Å². The minimum Gasteiger partial charge on any atom is -0.464 e. The van der Waals surface area contributed by atoms with Gasteiger partial charge in [0, 0.05) is 73.6 Å². The van der Waals surface area contributed by atoms with Crippen LogP contribution in [0.2, 0.25) is 0 Å². The Kier molecular flexibility index (Phi) is 11.2. The van der Waals surface area contributed by atoms with E-state index in [0.717, 1.165) is 23.3 Å². The number of halogens is 4. The molecule has 0 aliphatic carbocycles. The number of pyridine rings is 1. The summed E-state index contributed by atoms with van der Waals surface area (Å²) < 4.78 is 74.4. The number of fused-ring (bicyclic) bond motifs is 6. The summed E-state index contributed by atoms with van der Waals surface area (Å²) in [5, 5.41) is 3.50. The Bertz CT molecular complexity index is 2110. The molecule has 2 saturated heterocycles. The van der Waals surface area contributed by atoms with E-state index in [1.807, 2.05) is 27.0 Å². The second kappa shape index (κ2) is 15.6. The molecule has 0 radical (unpaired) electrons. The quantitative estimate of drug-likeness (QED) is 0.198. The number of nitrogens with zero attached hydrogens (tertiary/aromatic N) is 6. The SMILES string of the molecule is CO[C@@H](C)c1ncc(N2CCN(C)CC2)cc1-c1c2c3c(F)c(ccc3n1CC(F)(F)F)-c1csc(n1)C[C@H](N)C(=O)N1CCC[C@H](N1)C(=O)OCC(C)(C)C2. The first kappa shape index (κ1) is 40.1. The van der Waals surface area contributed by atoms with E-state index in [1.165, 1.54) is 35.6 Å². The smallest absolute Gasteiger partial charge is 0.406 e. The molecule has 0 spiro atoms. The predicted molar refractivity (Wildman–Crippen MR) is 205 cm³/mol. The fourth-order valence-corrected chi connectivity index (χ4v) is 8.70. The summed E-state index contributed by atoms with van der Waals surface area (Å²) in [6, 6.07) is 2.99. The van der Waals surface area contributed by atoms with Gasteiger partial charge < -0.3 is 29.6 Å². The zero-order chi connectivity index (χ0) is 40.1. The van der Waals surface area contributed by atoms with Crippen LogP contribution in [0, 0.1) is 11.2 Å². The number of aromatic nitrogens is 3. The van der Waals surface area contributed by atoms with E-state index >= 15 is 4.39 Å². The molecule has 3 aliphatic rings. The lowest BCUT2D eigenvalue weighted by Gasteiger charge is -2.35. The van der Waals surface area contributed by atoms with Crippen molar-refractivity contribution >= 4 is 39.8 Å². The number of likely N-dealkylation sites (N-methyl/N-ethyl adjacent to an activating group) is 1. The van der Waals surface area contributed by atoms with Crippen molar-refractivity contribution in [3.8, 4) is 22.5 Å². The molecule has 1 amide bonds. The highest BCUT2D eigenvalue weighted by atomic mass is 32.1. The highest BCUT2D eigenvalue weighted by Crippen LogP contribution is 2.45. The second-order valence-electron chi connectivity index (χ2n) is 15.8. The van der Waals surface area contributed by atoms with Crippen LogP contribution >= 0.6 is 11.3 Å². The van der Waals surface area contributed by atoms with Gasteiger partial charge in [-0.3, -0.25) is 19.6 Å². The molecule has 3 N–H and O–H groups in total. The van der Waals surface area contributed by atoms with Crippen molar-refractivity contribution < 1.29 is 36.6 Å². The van der Waals surface area contributed by atoms with Crippen LogP contribution in [-0.4, -0.2) is 108 Å². The number of methoxy groups -OCH3 is 1. The van der Waals surface area contributed by atoms with Crippen molar-refractivity contribution in [1.82, 2.24) is 29.9 Å². The number of alkyl halides is 3. The molecule has 12 nitrogen and oxygen atoms in total. The first-order chi connectivity index (χ1) is 26.5. The minimum absolute atomic E-state index is 0.00862. The number of ether oxygens (including phenoxy) is 2. The summed E-state index contributed by atoms with van der Waals surface area (Å²) in [7, 11) is 3.54. The van der Waals surface area contributed by atoms with Crippen molar-refractivity contribution in [3.05, 3.63) is 51.9 Å². The van der Waals surface area contributed by atoms with Crippen LogP contribution in [0.15, 0.2) is 29.8 Å². The lowest BCUT2D eigenvalue weighted by Crippen LogP contribution is -2.59. The van der Waals surface area contributed by atoms with Crippen molar-refractivity contribution in [1.29, 1.82) is 0 Å². The maximum absolute atomic E-state index is 17.4. The standard InChI is InChI=1S/C39H48F4N8O4S/c1-22(54-5)34-25(15-23(18-45-34)49-13-11-48(4)12-14-49)35-26-17-38(2,3)21-55-37(53)28-7-6-10-51(47-28)36(52)27(44)16-31-46-29(19-56-31)24-8-9-30(32(26)33(24)40)50(35)20-39(41,42)43/h8-9,15,18-19,22,27-28,47H,6-7,10-14,16-17,20-21,44H2,1-5H3/t22-,27-,28-/m0/s1. The molecule has 17 heteroatoms. The number of esters is 1. The summed E-state index contributed by atoms with van der Waals surface area (Å²) >= 11 is 1.21. The lowest BCUT2D eigenvalue weighted by atomic mass is 9.84. The van der Waals surface area contributed by atoms with E-state index in [2.05, 4.69) is 20.2 Å². The summed E-state index contributed by atoms with van der Waals surface area (Å²) in [6.45, 7) is 7.20. The number of carbonyl (C=O) groups is 2. The number of nitrogens with two attached hydrogens (primary N) is 1. The van der Waals surface area contributed by atoms with Crippen molar-refractivity contribution in [2.75, 3.05) is 58.4 Å². The van der Waals surface area contributed by atoms with Crippen LogP contribution in [0.5, 0.6) is 0 Å². The summed E-state index contributed by atoms with van der Waals surface area (Å²) in [5.41, 5.74) is 10.8. The van der Waals surface area contributed by atoms with Gasteiger partial charge in [0.25, 0.3) is 5.91 Å². The van der Waals surface area contributed by atoms with Crippen molar-refractivity contribution in [3.63, 3.8) is 0 Å². The molecule has 3 aromatic heterocycles. The zero-order valence-corrected chi connectivity index (χ0v) is 33.0. The first-order valence-electron chi connectivity index (χ1n) is 18.8. The Hall–Kier alpha value is -4.16. The van der Waals surface area contributed by atoms with Gasteiger partial charge in [-0.25, -0.2) is 14.8 Å². The average molecular weight is 801 g/mol. The highest BCUT2D eigenvalue weighted by Gasteiger charge is 2.38. The zero-order valence-electron chi connectivity index (χ0n) is 32.2. The Labute approximate surface area is 326 Å². The molecule has 6 bridgehead atoms. The van der Waals surface area contributed by atoms with Crippen molar-refractivity contribution in [2.45, 2.75) is 77.4 Å². The maximum Gasteiger partial charge on any atom is 0.406 e. The number of amides is 1. The third-order valence-electron chi connectivity index (χ3n) is 10.9. The van der Waals surface area contributed by atoms with Crippen LogP contribution in [-0.2, 0) is 38.4 Å². The number of hydrazine groups is 1. The second-order valence-corrected chi connectivity index (χ2v) is 16.8. The number of rotatable bonds is 5. The van der Waals surface area contributed by atoms with Gasteiger partial charge in [-0.2, -0.15) is 13.2 Å².